The molecule has 0 saturated carbocycles. The van der Waals surface area contributed by atoms with Gasteiger partial charge >= 0.3 is 0 Å². The van der Waals surface area contributed by atoms with Gasteiger partial charge in [0.05, 0.1) is 18.4 Å². The van der Waals surface area contributed by atoms with Crippen molar-refractivity contribution >= 4 is 11.5 Å². The Labute approximate surface area is 198 Å². The van der Waals surface area contributed by atoms with E-state index in [2.05, 4.69) is 58.3 Å². The number of rotatable bonds is 7. The predicted octanol–water partition coefficient (Wildman–Crippen LogP) is 3.25. The molecule has 7 nitrogen and oxygen atoms in total. The second-order valence-corrected chi connectivity index (χ2v) is 9.81. The number of fused-ring (bicyclic) bond motifs is 1. The van der Waals surface area contributed by atoms with Crippen LogP contribution in [0.2, 0.25) is 0 Å². The summed E-state index contributed by atoms with van der Waals surface area (Å²) in [5.74, 6) is 1.77. The number of nitrogens with zero attached hydrogens (tertiary/aromatic N) is 5. The minimum Gasteiger partial charge on any atom is -0.373 e. The predicted molar refractivity (Wildman–Crippen MR) is 134 cm³/mol. The molecule has 0 bridgehead atoms. The molecule has 2 saturated heterocycles. The van der Waals surface area contributed by atoms with E-state index in [9.17, 15) is 0 Å². The Morgan fingerprint density at radius 1 is 1.00 bits per heavy atom. The third kappa shape index (κ3) is 5.48. The number of likely N-dealkylation sites (N-methyl/N-ethyl adjacent to an activating group) is 1. The maximum atomic E-state index is 5.93. The van der Waals surface area contributed by atoms with Crippen molar-refractivity contribution in [3.63, 3.8) is 0 Å². The lowest BCUT2D eigenvalue weighted by Crippen LogP contribution is -2.44. The van der Waals surface area contributed by atoms with Crippen LogP contribution in [0, 0.1) is 0 Å². The van der Waals surface area contributed by atoms with Crippen molar-refractivity contribution in [2.75, 3.05) is 69.6 Å². The molecule has 1 aromatic heterocycles. The molecule has 1 atom stereocenters. The fourth-order valence-electron chi connectivity index (χ4n) is 5.08. The van der Waals surface area contributed by atoms with Gasteiger partial charge in [-0.3, -0.25) is 0 Å². The number of aromatic nitrogens is 2. The zero-order chi connectivity index (χ0) is 22.6. The maximum absolute atomic E-state index is 5.93. The second kappa shape index (κ2) is 10.4. The van der Waals surface area contributed by atoms with Crippen molar-refractivity contribution in [3.8, 4) is 11.4 Å². The molecule has 4 heterocycles. The van der Waals surface area contributed by atoms with Crippen LogP contribution in [0.5, 0.6) is 0 Å². The van der Waals surface area contributed by atoms with Gasteiger partial charge < -0.3 is 24.8 Å². The fraction of sp³-hybridized carbons (Fsp3) is 0.615. The smallest absolute Gasteiger partial charge is 0.161 e. The van der Waals surface area contributed by atoms with Crippen LogP contribution < -0.4 is 10.2 Å². The van der Waals surface area contributed by atoms with E-state index in [4.69, 9.17) is 14.7 Å². The van der Waals surface area contributed by atoms with Gasteiger partial charge in [0.1, 0.15) is 5.82 Å². The SMILES string of the molecule is CC1Cc2nc(-c3ccc(N4CCN(C)CC4)cc3)nc(NCCCN3CCCC3)c2CO1. The van der Waals surface area contributed by atoms with Crippen molar-refractivity contribution < 1.29 is 4.74 Å². The molecular formula is C26H38N6O. The minimum absolute atomic E-state index is 0.197. The van der Waals surface area contributed by atoms with Gasteiger partial charge in [-0.05, 0) is 77.1 Å². The van der Waals surface area contributed by atoms with Gasteiger partial charge in [0, 0.05) is 56.0 Å². The number of anilines is 2. The third-order valence-electron chi connectivity index (χ3n) is 7.22. The standard InChI is InChI=1S/C26H38N6O/c1-20-18-24-23(19-33-20)26(27-10-5-13-31-11-3-4-12-31)29-25(28-24)21-6-8-22(9-7-21)32-16-14-30(2)15-17-32/h6-9,20H,3-5,10-19H2,1-2H3,(H,27,28,29). The monoisotopic (exact) mass is 450 g/mol. The van der Waals surface area contributed by atoms with Crippen LogP contribution in [0.1, 0.15) is 37.4 Å². The molecule has 2 aromatic rings. The van der Waals surface area contributed by atoms with Crippen LogP contribution in [0.15, 0.2) is 24.3 Å². The summed E-state index contributed by atoms with van der Waals surface area (Å²) in [6.45, 7) is 11.7. The van der Waals surface area contributed by atoms with E-state index >= 15 is 0 Å². The molecular weight excluding hydrogens is 412 g/mol. The molecule has 1 unspecified atom stereocenters. The first-order valence-corrected chi connectivity index (χ1v) is 12.7. The Hall–Kier alpha value is -2.22. The molecule has 2 fully saturated rings. The molecule has 5 rings (SSSR count). The molecule has 3 aliphatic rings. The first-order valence-electron chi connectivity index (χ1n) is 12.7. The molecule has 0 radical (unpaired) electrons. The van der Waals surface area contributed by atoms with Gasteiger partial charge in [0.2, 0.25) is 0 Å². The molecule has 3 aliphatic heterocycles. The number of hydrogen-bond donors (Lipinski definition) is 1. The lowest BCUT2D eigenvalue weighted by molar-refractivity contribution is 0.0398. The van der Waals surface area contributed by atoms with E-state index in [1.165, 1.54) is 31.6 Å². The van der Waals surface area contributed by atoms with Gasteiger partial charge in [0.25, 0.3) is 0 Å². The first kappa shape index (κ1) is 22.6. The number of benzene rings is 1. The summed E-state index contributed by atoms with van der Waals surface area (Å²) < 4.78 is 5.93. The number of piperazine rings is 1. The number of hydrogen-bond acceptors (Lipinski definition) is 7. The van der Waals surface area contributed by atoms with Crippen LogP contribution in [0.25, 0.3) is 11.4 Å². The number of likely N-dealkylation sites (tertiary alicyclic amines) is 1. The highest BCUT2D eigenvalue weighted by molar-refractivity contribution is 5.63. The van der Waals surface area contributed by atoms with Gasteiger partial charge in [-0.1, -0.05) is 0 Å². The van der Waals surface area contributed by atoms with E-state index in [1.807, 2.05) is 0 Å². The quantitative estimate of drug-likeness (QED) is 0.650. The highest BCUT2D eigenvalue weighted by Crippen LogP contribution is 2.29. The average molecular weight is 451 g/mol. The Bertz CT molecular complexity index is 919. The highest BCUT2D eigenvalue weighted by atomic mass is 16.5. The summed E-state index contributed by atoms with van der Waals surface area (Å²) >= 11 is 0. The molecule has 0 amide bonds. The average Bonchev–Trinajstić information content (AvgIpc) is 3.35. The van der Waals surface area contributed by atoms with E-state index in [0.29, 0.717) is 6.61 Å². The molecule has 178 valence electrons. The fourth-order valence-corrected chi connectivity index (χ4v) is 5.08. The van der Waals surface area contributed by atoms with Crippen molar-refractivity contribution in [2.45, 2.75) is 45.3 Å². The van der Waals surface area contributed by atoms with Gasteiger partial charge in [-0.25, -0.2) is 9.97 Å². The summed E-state index contributed by atoms with van der Waals surface area (Å²) in [6, 6.07) is 8.79. The minimum atomic E-state index is 0.197. The third-order valence-corrected chi connectivity index (χ3v) is 7.22. The van der Waals surface area contributed by atoms with E-state index < -0.39 is 0 Å². The second-order valence-electron chi connectivity index (χ2n) is 9.81. The van der Waals surface area contributed by atoms with Crippen LogP contribution in [-0.4, -0.2) is 85.3 Å². The zero-order valence-corrected chi connectivity index (χ0v) is 20.2. The Morgan fingerprint density at radius 2 is 1.76 bits per heavy atom. The maximum Gasteiger partial charge on any atom is 0.161 e. The normalized spacial score (nSPS) is 21.9. The largest absolute Gasteiger partial charge is 0.373 e. The summed E-state index contributed by atoms with van der Waals surface area (Å²) in [5.41, 5.74) is 4.62. The van der Waals surface area contributed by atoms with Crippen LogP contribution in [0.4, 0.5) is 11.5 Å². The van der Waals surface area contributed by atoms with Crippen LogP contribution in [0.3, 0.4) is 0 Å². The molecule has 0 spiro atoms. The van der Waals surface area contributed by atoms with Crippen molar-refractivity contribution in [2.24, 2.45) is 0 Å². The van der Waals surface area contributed by atoms with Gasteiger partial charge in [-0.15, -0.1) is 0 Å². The zero-order valence-electron chi connectivity index (χ0n) is 20.2. The Morgan fingerprint density at radius 3 is 2.52 bits per heavy atom. The summed E-state index contributed by atoms with van der Waals surface area (Å²) in [7, 11) is 2.19. The lowest BCUT2D eigenvalue weighted by Gasteiger charge is -2.34. The molecule has 0 aliphatic carbocycles. The van der Waals surface area contributed by atoms with E-state index in [-0.39, 0.29) is 6.10 Å². The topological polar surface area (TPSA) is 56.8 Å². The number of ether oxygens (including phenoxy) is 1. The Kier molecular flexibility index (Phi) is 7.09. The van der Waals surface area contributed by atoms with E-state index in [0.717, 1.165) is 80.6 Å². The van der Waals surface area contributed by atoms with Crippen molar-refractivity contribution in [1.29, 1.82) is 0 Å². The summed E-state index contributed by atoms with van der Waals surface area (Å²) in [5, 5.41) is 3.62. The molecule has 1 N–H and O–H groups in total. The highest BCUT2D eigenvalue weighted by Gasteiger charge is 2.23. The van der Waals surface area contributed by atoms with Crippen molar-refractivity contribution in [3.05, 3.63) is 35.5 Å². The molecule has 7 heteroatoms. The van der Waals surface area contributed by atoms with Crippen LogP contribution in [-0.2, 0) is 17.8 Å². The van der Waals surface area contributed by atoms with Gasteiger partial charge in [0.15, 0.2) is 5.82 Å². The molecule has 1 aromatic carbocycles. The van der Waals surface area contributed by atoms with Crippen LogP contribution >= 0.6 is 0 Å². The molecule has 33 heavy (non-hydrogen) atoms. The lowest BCUT2D eigenvalue weighted by atomic mass is 10.1. The van der Waals surface area contributed by atoms with E-state index in [1.54, 1.807) is 0 Å². The summed E-state index contributed by atoms with van der Waals surface area (Å²) in [6.07, 6.45) is 4.86. The first-order chi connectivity index (χ1) is 16.2. The summed E-state index contributed by atoms with van der Waals surface area (Å²) in [4.78, 5) is 17.4. The number of nitrogens with one attached hydrogen (secondary N) is 1. The van der Waals surface area contributed by atoms with Gasteiger partial charge in [-0.2, -0.15) is 0 Å². The Balaban J connectivity index is 1.31. The van der Waals surface area contributed by atoms with Crippen molar-refractivity contribution in [1.82, 2.24) is 19.8 Å².